The standard InChI is InChI=1S/C23H22N2O3/c1-28-18-9-10-21-19(15-18)20(22(26)23(27)24-12-5-6-13-24)16-25(21)14-11-17-7-3-2-4-8-17/h2-4,7-11,14-16H,5-6,12-13H2,1H3/b14-11+. The van der Waals surface area contributed by atoms with E-state index in [1.54, 1.807) is 18.2 Å². The predicted molar refractivity (Wildman–Crippen MR) is 110 cm³/mol. The number of carbonyl (C=O) groups is 2. The second kappa shape index (κ2) is 7.72. The van der Waals surface area contributed by atoms with E-state index in [1.165, 1.54) is 0 Å². The molecule has 1 aromatic heterocycles. The third-order valence-corrected chi connectivity index (χ3v) is 5.10. The van der Waals surface area contributed by atoms with Crippen molar-refractivity contribution in [2.45, 2.75) is 12.8 Å². The van der Waals surface area contributed by atoms with Crippen molar-refractivity contribution in [2.75, 3.05) is 20.2 Å². The Hall–Kier alpha value is -3.34. The van der Waals surface area contributed by atoms with E-state index in [9.17, 15) is 9.59 Å². The Morgan fingerprint density at radius 1 is 1.04 bits per heavy atom. The summed E-state index contributed by atoms with van der Waals surface area (Å²) in [7, 11) is 1.59. The second-order valence-corrected chi connectivity index (χ2v) is 6.89. The number of amides is 1. The van der Waals surface area contributed by atoms with Crippen molar-refractivity contribution in [3.8, 4) is 5.75 Å². The lowest BCUT2D eigenvalue weighted by Gasteiger charge is -2.13. The number of hydrogen-bond acceptors (Lipinski definition) is 3. The molecule has 3 aromatic rings. The first-order valence-corrected chi connectivity index (χ1v) is 9.43. The Morgan fingerprint density at radius 3 is 2.50 bits per heavy atom. The summed E-state index contributed by atoms with van der Waals surface area (Å²) in [5.74, 6) is -0.238. The molecule has 0 unspecified atom stereocenters. The first-order chi connectivity index (χ1) is 13.7. The molecule has 0 spiro atoms. The van der Waals surface area contributed by atoms with Gasteiger partial charge in [0.1, 0.15) is 5.75 Å². The lowest BCUT2D eigenvalue weighted by atomic mass is 10.1. The summed E-state index contributed by atoms with van der Waals surface area (Å²) < 4.78 is 7.20. The molecule has 2 heterocycles. The molecule has 0 atom stereocenters. The maximum atomic E-state index is 13.0. The Morgan fingerprint density at radius 2 is 1.79 bits per heavy atom. The number of ether oxygens (including phenoxy) is 1. The van der Waals surface area contributed by atoms with Gasteiger partial charge in [-0.3, -0.25) is 9.59 Å². The number of hydrogen-bond donors (Lipinski definition) is 0. The van der Waals surface area contributed by atoms with Gasteiger partial charge >= 0.3 is 0 Å². The second-order valence-electron chi connectivity index (χ2n) is 6.89. The number of likely N-dealkylation sites (tertiary alicyclic amines) is 1. The van der Waals surface area contributed by atoms with Gasteiger partial charge in [-0.2, -0.15) is 0 Å². The van der Waals surface area contributed by atoms with Crippen molar-refractivity contribution in [3.63, 3.8) is 0 Å². The molecule has 1 saturated heterocycles. The average Bonchev–Trinajstić information content (AvgIpc) is 3.40. The van der Waals surface area contributed by atoms with Crippen molar-refractivity contribution >= 4 is 34.9 Å². The summed E-state index contributed by atoms with van der Waals surface area (Å²) in [5, 5.41) is 0.717. The van der Waals surface area contributed by atoms with Crippen molar-refractivity contribution in [1.29, 1.82) is 0 Å². The highest BCUT2D eigenvalue weighted by Gasteiger charge is 2.28. The fourth-order valence-electron chi connectivity index (χ4n) is 3.58. The zero-order valence-corrected chi connectivity index (χ0v) is 15.8. The quantitative estimate of drug-likeness (QED) is 0.499. The predicted octanol–water partition coefficient (Wildman–Crippen LogP) is 4.08. The van der Waals surface area contributed by atoms with Gasteiger partial charge in [-0.15, -0.1) is 0 Å². The minimum absolute atomic E-state index is 0.406. The number of fused-ring (bicyclic) bond motifs is 1. The molecule has 2 aromatic carbocycles. The van der Waals surface area contributed by atoms with E-state index in [0.29, 0.717) is 24.4 Å². The van der Waals surface area contributed by atoms with Crippen molar-refractivity contribution in [1.82, 2.24) is 9.47 Å². The molecule has 0 radical (unpaired) electrons. The molecule has 5 nitrogen and oxygen atoms in total. The van der Waals surface area contributed by atoms with Gasteiger partial charge < -0.3 is 14.2 Å². The molecule has 1 fully saturated rings. The number of Topliss-reactive ketones (excluding diaryl/α,β-unsaturated/α-hetero) is 1. The van der Waals surface area contributed by atoms with Gasteiger partial charge in [0.2, 0.25) is 0 Å². The van der Waals surface area contributed by atoms with Crippen LogP contribution in [0.3, 0.4) is 0 Å². The molecule has 1 amide bonds. The molecule has 5 heteroatoms. The summed E-state index contributed by atoms with van der Waals surface area (Å²) in [6.45, 7) is 1.31. The fourth-order valence-corrected chi connectivity index (χ4v) is 3.58. The van der Waals surface area contributed by atoms with Crippen LogP contribution in [0.5, 0.6) is 5.75 Å². The average molecular weight is 374 g/mol. The molecular weight excluding hydrogens is 352 g/mol. The number of aromatic nitrogens is 1. The molecule has 142 valence electrons. The molecule has 0 saturated carbocycles. The van der Waals surface area contributed by atoms with E-state index in [2.05, 4.69) is 0 Å². The van der Waals surface area contributed by atoms with E-state index < -0.39 is 11.7 Å². The Balaban J connectivity index is 1.75. The maximum Gasteiger partial charge on any atom is 0.295 e. The molecule has 1 aliphatic heterocycles. The Kier molecular flexibility index (Phi) is 4.98. The van der Waals surface area contributed by atoms with E-state index in [-0.39, 0.29) is 0 Å². The molecule has 4 rings (SSSR count). The van der Waals surface area contributed by atoms with E-state index in [0.717, 1.165) is 29.3 Å². The number of rotatable bonds is 5. The number of benzene rings is 2. The molecule has 0 N–H and O–H groups in total. The number of carbonyl (C=O) groups excluding carboxylic acids is 2. The number of nitrogens with zero attached hydrogens (tertiary/aromatic N) is 2. The summed E-state index contributed by atoms with van der Waals surface area (Å²) in [4.78, 5) is 27.3. The zero-order valence-electron chi connectivity index (χ0n) is 15.8. The molecular formula is C23H22N2O3. The van der Waals surface area contributed by atoms with Gasteiger partial charge in [-0.25, -0.2) is 0 Å². The van der Waals surface area contributed by atoms with Gasteiger partial charge in [0.15, 0.2) is 0 Å². The van der Waals surface area contributed by atoms with Gasteiger partial charge in [0.05, 0.1) is 18.2 Å². The topological polar surface area (TPSA) is 51.5 Å². The zero-order chi connectivity index (χ0) is 19.5. The van der Waals surface area contributed by atoms with Crippen LogP contribution in [-0.4, -0.2) is 41.4 Å². The highest BCUT2D eigenvalue weighted by atomic mass is 16.5. The van der Waals surface area contributed by atoms with Gasteiger partial charge in [0.25, 0.3) is 11.7 Å². The smallest absolute Gasteiger partial charge is 0.295 e. The summed E-state index contributed by atoms with van der Waals surface area (Å²) in [6, 6.07) is 15.5. The summed E-state index contributed by atoms with van der Waals surface area (Å²) in [6.07, 6.45) is 7.52. The molecule has 0 bridgehead atoms. The van der Waals surface area contributed by atoms with Gasteiger partial charge in [0, 0.05) is 30.9 Å². The van der Waals surface area contributed by atoms with Crippen molar-refractivity contribution in [2.24, 2.45) is 0 Å². The first kappa shape index (κ1) is 18.0. The largest absolute Gasteiger partial charge is 0.497 e. The van der Waals surface area contributed by atoms with Crippen molar-refractivity contribution in [3.05, 3.63) is 65.9 Å². The lowest BCUT2D eigenvalue weighted by Crippen LogP contribution is -2.34. The van der Waals surface area contributed by atoms with Crippen LogP contribution in [0.15, 0.2) is 54.7 Å². The third kappa shape index (κ3) is 3.43. The maximum absolute atomic E-state index is 13.0. The van der Waals surface area contributed by atoms with Crippen LogP contribution in [0.1, 0.15) is 28.8 Å². The van der Waals surface area contributed by atoms with Crippen LogP contribution in [0.2, 0.25) is 0 Å². The Labute approximate surface area is 163 Å². The van der Waals surface area contributed by atoms with Crippen LogP contribution in [0.4, 0.5) is 0 Å². The molecule has 28 heavy (non-hydrogen) atoms. The van der Waals surface area contributed by atoms with E-state index in [4.69, 9.17) is 4.74 Å². The molecule has 0 aliphatic carbocycles. The highest BCUT2D eigenvalue weighted by Crippen LogP contribution is 2.28. The summed E-state index contributed by atoms with van der Waals surface area (Å²) >= 11 is 0. The van der Waals surface area contributed by atoms with E-state index in [1.807, 2.05) is 65.4 Å². The van der Waals surface area contributed by atoms with Gasteiger partial charge in [-0.05, 0) is 42.7 Å². The molecule has 1 aliphatic rings. The van der Waals surface area contributed by atoms with Crippen molar-refractivity contribution < 1.29 is 14.3 Å². The SMILES string of the molecule is COc1ccc2c(c1)c(C(=O)C(=O)N1CCCC1)cn2/C=C/c1ccccc1. The first-order valence-electron chi connectivity index (χ1n) is 9.43. The minimum atomic E-state index is -0.466. The third-order valence-electron chi connectivity index (χ3n) is 5.10. The van der Waals surface area contributed by atoms with Crippen LogP contribution < -0.4 is 4.74 Å². The normalized spacial score (nSPS) is 14.1. The fraction of sp³-hybridized carbons (Fsp3) is 0.217. The Bertz CT molecular complexity index is 1040. The number of methoxy groups -OCH3 is 1. The highest BCUT2D eigenvalue weighted by molar-refractivity contribution is 6.45. The minimum Gasteiger partial charge on any atom is -0.497 e. The monoisotopic (exact) mass is 374 g/mol. The summed E-state index contributed by atoms with van der Waals surface area (Å²) in [5.41, 5.74) is 2.31. The van der Waals surface area contributed by atoms with Crippen LogP contribution in [0.25, 0.3) is 23.2 Å². The van der Waals surface area contributed by atoms with Gasteiger partial charge in [-0.1, -0.05) is 30.3 Å². The number of ketones is 1. The van der Waals surface area contributed by atoms with Crippen LogP contribution in [-0.2, 0) is 4.79 Å². The lowest BCUT2D eigenvalue weighted by molar-refractivity contribution is -0.125. The van der Waals surface area contributed by atoms with E-state index >= 15 is 0 Å². The van der Waals surface area contributed by atoms with Crippen LogP contribution in [0, 0.1) is 0 Å². The van der Waals surface area contributed by atoms with Crippen LogP contribution >= 0.6 is 0 Å².